The Balaban J connectivity index is 1.88. The van der Waals surface area contributed by atoms with Crippen molar-refractivity contribution in [3.8, 4) is 0 Å². The summed E-state index contributed by atoms with van der Waals surface area (Å²) < 4.78 is 13.3. The lowest BCUT2D eigenvalue weighted by Crippen LogP contribution is -2.18. The van der Waals surface area contributed by atoms with Crippen LogP contribution in [0.1, 0.15) is 17.2 Å². The summed E-state index contributed by atoms with van der Waals surface area (Å²) in [5.41, 5.74) is 3.37. The van der Waals surface area contributed by atoms with Crippen molar-refractivity contribution in [3.05, 3.63) is 64.4 Å². The lowest BCUT2D eigenvalue weighted by Gasteiger charge is -2.27. The molecule has 0 amide bonds. The van der Waals surface area contributed by atoms with Crippen molar-refractivity contribution in [3.63, 3.8) is 0 Å². The highest BCUT2D eigenvalue weighted by Crippen LogP contribution is 2.34. The van der Waals surface area contributed by atoms with Crippen LogP contribution in [0.15, 0.2) is 42.5 Å². The molecule has 98 valence electrons. The highest BCUT2D eigenvalue weighted by atomic mass is 35.5. The van der Waals surface area contributed by atoms with Gasteiger partial charge in [0.05, 0.1) is 6.04 Å². The number of benzene rings is 2. The SMILES string of the molecule is Fc1cc(Cl)cc(NC2CSCc3ccccc32)c1. The molecule has 2 aromatic rings. The first kappa shape index (κ1) is 12.8. The molecule has 0 aliphatic carbocycles. The summed E-state index contributed by atoms with van der Waals surface area (Å²) in [4.78, 5) is 0. The fourth-order valence-electron chi connectivity index (χ4n) is 2.34. The number of nitrogens with one attached hydrogen (secondary N) is 1. The average molecular weight is 294 g/mol. The standard InChI is InChI=1S/C15H13ClFNS/c16-11-5-12(17)7-13(6-11)18-15-9-19-8-10-3-1-2-4-14(10)15/h1-7,15,18H,8-9H2. The van der Waals surface area contributed by atoms with Gasteiger partial charge in [0, 0.05) is 22.2 Å². The Morgan fingerprint density at radius 2 is 2.05 bits per heavy atom. The zero-order valence-corrected chi connectivity index (χ0v) is 11.8. The van der Waals surface area contributed by atoms with Gasteiger partial charge < -0.3 is 5.32 Å². The third-order valence-electron chi connectivity index (χ3n) is 3.18. The molecule has 0 bridgehead atoms. The van der Waals surface area contributed by atoms with Crippen LogP contribution in [0.3, 0.4) is 0 Å². The van der Waals surface area contributed by atoms with Crippen LogP contribution in [0.2, 0.25) is 5.02 Å². The Morgan fingerprint density at radius 1 is 1.21 bits per heavy atom. The molecule has 1 nitrogen and oxygen atoms in total. The molecule has 1 aliphatic rings. The van der Waals surface area contributed by atoms with E-state index in [9.17, 15) is 4.39 Å². The minimum absolute atomic E-state index is 0.202. The molecule has 0 spiro atoms. The highest BCUT2D eigenvalue weighted by Gasteiger charge is 2.20. The predicted octanol–water partition coefficient (Wildman–Crippen LogP) is 4.88. The van der Waals surface area contributed by atoms with E-state index in [4.69, 9.17) is 11.6 Å². The van der Waals surface area contributed by atoms with E-state index in [0.29, 0.717) is 5.02 Å². The number of fused-ring (bicyclic) bond motifs is 1. The van der Waals surface area contributed by atoms with Gasteiger partial charge in [-0.25, -0.2) is 4.39 Å². The fraction of sp³-hybridized carbons (Fsp3) is 0.200. The van der Waals surface area contributed by atoms with Gasteiger partial charge in [-0.1, -0.05) is 35.9 Å². The fourth-order valence-corrected chi connectivity index (χ4v) is 3.66. The van der Waals surface area contributed by atoms with Gasteiger partial charge in [-0.2, -0.15) is 11.8 Å². The van der Waals surface area contributed by atoms with Crippen molar-refractivity contribution in [2.24, 2.45) is 0 Å². The lowest BCUT2D eigenvalue weighted by atomic mass is 10.0. The third-order valence-corrected chi connectivity index (χ3v) is 4.48. The number of hydrogen-bond donors (Lipinski definition) is 1. The molecular weight excluding hydrogens is 281 g/mol. The van der Waals surface area contributed by atoms with E-state index in [1.54, 1.807) is 6.07 Å². The van der Waals surface area contributed by atoms with E-state index in [1.807, 2.05) is 17.8 Å². The summed E-state index contributed by atoms with van der Waals surface area (Å²) in [5.74, 6) is 1.70. The van der Waals surface area contributed by atoms with Crippen LogP contribution in [0, 0.1) is 5.82 Å². The topological polar surface area (TPSA) is 12.0 Å². The van der Waals surface area contributed by atoms with Crippen LogP contribution in [-0.2, 0) is 5.75 Å². The zero-order valence-electron chi connectivity index (χ0n) is 10.2. The third kappa shape index (κ3) is 2.88. The summed E-state index contributed by atoms with van der Waals surface area (Å²) in [6.45, 7) is 0. The van der Waals surface area contributed by atoms with E-state index in [1.165, 1.54) is 23.3 Å². The van der Waals surface area contributed by atoms with Crippen molar-refractivity contribution in [1.82, 2.24) is 0 Å². The number of halogens is 2. The van der Waals surface area contributed by atoms with Crippen LogP contribution >= 0.6 is 23.4 Å². The summed E-state index contributed by atoms with van der Waals surface area (Å²) in [5, 5.41) is 3.79. The number of rotatable bonds is 2. The van der Waals surface area contributed by atoms with Crippen LogP contribution in [-0.4, -0.2) is 5.75 Å². The van der Waals surface area contributed by atoms with Crippen molar-refractivity contribution >= 4 is 29.1 Å². The molecule has 3 rings (SSSR count). The molecule has 1 N–H and O–H groups in total. The Hall–Kier alpha value is -1.19. The smallest absolute Gasteiger partial charge is 0.126 e. The molecule has 1 unspecified atom stereocenters. The Kier molecular flexibility index (Phi) is 3.67. The maximum absolute atomic E-state index is 13.3. The second-order valence-corrected chi connectivity index (χ2v) is 6.04. The molecule has 0 aromatic heterocycles. The second-order valence-electron chi connectivity index (χ2n) is 4.57. The van der Waals surface area contributed by atoms with Gasteiger partial charge in [-0.05, 0) is 29.3 Å². The minimum atomic E-state index is -0.313. The quantitative estimate of drug-likeness (QED) is 0.847. The predicted molar refractivity (Wildman–Crippen MR) is 80.4 cm³/mol. The second kappa shape index (κ2) is 5.43. The average Bonchev–Trinajstić information content (AvgIpc) is 2.38. The summed E-state index contributed by atoms with van der Waals surface area (Å²) >= 11 is 7.77. The Morgan fingerprint density at radius 3 is 2.89 bits per heavy atom. The maximum atomic E-state index is 13.3. The molecular formula is C15H13ClFNS. The van der Waals surface area contributed by atoms with E-state index >= 15 is 0 Å². The highest BCUT2D eigenvalue weighted by molar-refractivity contribution is 7.98. The number of hydrogen-bond acceptors (Lipinski definition) is 2. The molecule has 0 radical (unpaired) electrons. The van der Waals surface area contributed by atoms with Gasteiger partial charge in [0.25, 0.3) is 0 Å². The first-order valence-corrected chi connectivity index (χ1v) is 7.64. The van der Waals surface area contributed by atoms with Crippen molar-refractivity contribution < 1.29 is 4.39 Å². The van der Waals surface area contributed by atoms with Gasteiger partial charge >= 0.3 is 0 Å². The van der Waals surface area contributed by atoms with Crippen LogP contribution in [0.4, 0.5) is 10.1 Å². The number of thioether (sulfide) groups is 1. The van der Waals surface area contributed by atoms with E-state index < -0.39 is 0 Å². The minimum Gasteiger partial charge on any atom is -0.377 e. The number of anilines is 1. The maximum Gasteiger partial charge on any atom is 0.126 e. The van der Waals surface area contributed by atoms with Crippen LogP contribution in [0.25, 0.3) is 0 Å². The van der Waals surface area contributed by atoms with Crippen LogP contribution in [0.5, 0.6) is 0 Å². The molecule has 0 fully saturated rings. The summed E-state index contributed by atoms with van der Waals surface area (Å²) in [7, 11) is 0. The van der Waals surface area contributed by atoms with Crippen molar-refractivity contribution in [2.45, 2.75) is 11.8 Å². The molecule has 2 aromatic carbocycles. The van der Waals surface area contributed by atoms with Crippen molar-refractivity contribution in [1.29, 1.82) is 0 Å². The van der Waals surface area contributed by atoms with Gasteiger partial charge in [0.1, 0.15) is 5.82 Å². The van der Waals surface area contributed by atoms with E-state index in [-0.39, 0.29) is 11.9 Å². The lowest BCUT2D eigenvalue weighted by molar-refractivity contribution is 0.628. The zero-order chi connectivity index (χ0) is 13.2. The molecule has 1 heterocycles. The van der Waals surface area contributed by atoms with Crippen molar-refractivity contribution in [2.75, 3.05) is 11.1 Å². The molecule has 1 aliphatic heterocycles. The van der Waals surface area contributed by atoms with E-state index in [0.717, 1.165) is 17.2 Å². The normalized spacial score (nSPS) is 17.9. The van der Waals surface area contributed by atoms with Gasteiger partial charge in [-0.3, -0.25) is 0 Å². The molecule has 1 atom stereocenters. The first-order valence-electron chi connectivity index (χ1n) is 6.10. The summed E-state index contributed by atoms with van der Waals surface area (Å²) in [6.07, 6.45) is 0. The van der Waals surface area contributed by atoms with Gasteiger partial charge in [0.2, 0.25) is 0 Å². The van der Waals surface area contributed by atoms with Gasteiger partial charge in [0.15, 0.2) is 0 Å². The molecule has 4 heteroatoms. The largest absolute Gasteiger partial charge is 0.377 e. The summed E-state index contributed by atoms with van der Waals surface area (Å²) in [6, 6.07) is 13.1. The Labute approximate surface area is 121 Å². The van der Waals surface area contributed by atoms with Crippen LogP contribution < -0.4 is 5.32 Å². The van der Waals surface area contributed by atoms with E-state index in [2.05, 4.69) is 23.5 Å². The van der Waals surface area contributed by atoms with Gasteiger partial charge in [-0.15, -0.1) is 0 Å². The molecule has 0 saturated heterocycles. The monoisotopic (exact) mass is 293 g/mol. The Bertz CT molecular complexity index is 582. The first-order chi connectivity index (χ1) is 9.22. The molecule has 0 saturated carbocycles. The molecule has 19 heavy (non-hydrogen) atoms.